The predicted molar refractivity (Wildman–Crippen MR) is 56.2 cm³/mol. The highest BCUT2D eigenvalue weighted by Crippen LogP contribution is 2.44. The molecule has 14 heavy (non-hydrogen) atoms. The van der Waals surface area contributed by atoms with Crippen LogP contribution in [0.1, 0.15) is 0 Å². The van der Waals surface area contributed by atoms with Crippen LogP contribution in [0.5, 0.6) is 0 Å². The maximum Gasteiger partial charge on any atom is 0.367 e. The predicted octanol–water partition coefficient (Wildman–Crippen LogP) is 2.35. The lowest BCUT2D eigenvalue weighted by Gasteiger charge is -2.24. The molecule has 0 saturated heterocycles. The van der Waals surface area contributed by atoms with E-state index in [9.17, 15) is 10.1 Å². The van der Waals surface area contributed by atoms with Gasteiger partial charge in [-0.2, -0.15) is 0 Å². The molecule has 1 rings (SSSR count). The van der Waals surface area contributed by atoms with Crippen LogP contribution in [0.15, 0.2) is 21.2 Å². The summed E-state index contributed by atoms with van der Waals surface area (Å²) < 4.78 is 0. The van der Waals surface area contributed by atoms with Crippen LogP contribution in [0.3, 0.4) is 0 Å². The molecular weight excluding hydrogens is 274 g/mol. The van der Waals surface area contributed by atoms with Crippen LogP contribution in [-0.2, 0) is 0 Å². The first-order valence-electron chi connectivity index (χ1n) is 3.34. The molecular formula is C6H4Cl4N2O2. The summed E-state index contributed by atoms with van der Waals surface area (Å²) in [5, 5.41) is 9.97. The Morgan fingerprint density at radius 3 is 2.43 bits per heavy atom. The van der Waals surface area contributed by atoms with Gasteiger partial charge in [0, 0.05) is 0 Å². The standard InChI is InChI=1S/C6H4Cl4N2O2/c7-3-1-2(11)4(8)5(9)6(3,10)12(13)14/h1-2H,11H2. The maximum absolute atomic E-state index is 10.7. The third kappa shape index (κ3) is 1.61. The van der Waals surface area contributed by atoms with E-state index in [1.165, 1.54) is 6.08 Å². The molecule has 0 spiro atoms. The van der Waals surface area contributed by atoms with Crippen molar-refractivity contribution >= 4 is 46.4 Å². The molecule has 1 aliphatic carbocycles. The molecule has 0 fully saturated rings. The number of hydrogen-bond acceptors (Lipinski definition) is 3. The summed E-state index contributed by atoms with van der Waals surface area (Å²) in [4.78, 5) is 7.65. The summed E-state index contributed by atoms with van der Waals surface area (Å²) >= 11 is 22.5. The zero-order valence-electron chi connectivity index (χ0n) is 6.51. The van der Waals surface area contributed by atoms with Crippen LogP contribution in [0.4, 0.5) is 0 Å². The molecule has 2 N–H and O–H groups in total. The molecule has 0 aromatic heterocycles. The second kappa shape index (κ2) is 3.87. The van der Waals surface area contributed by atoms with Crippen molar-refractivity contribution in [3.05, 3.63) is 31.3 Å². The fourth-order valence-electron chi connectivity index (χ4n) is 0.918. The van der Waals surface area contributed by atoms with E-state index in [2.05, 4.69) is 0 Å². The number of alkyl halides is 1. The van der Waals surface area contributed by atoms with Crippen LogP contribution < -0.4 is 5.73 Å². The minimum atomic E-state index is -2.20. The molecule has 78 valence electrons. The number of halogens is 4. The van der Waals surface area contributed by atoms with Gasteiger partial charge in [0.05, 0.1) is 16.0 Å². The Bertz CT molecular complexity index is 354. The maximum atomic E-state index is 10.7. The van der Waals surface area contributed by atoms with Crippen LogP contribution in [-0.4, -0.2) is 16.0 Å². The van der Waals surface area contributed by atoms with Crippen LogP contribution in [0.2, 0.25) is 0 Å². The number of nitrogens with zero attached hydrogens (tertiary/aromatic N) is 1. The van der Waals surface area contributed by atoms with Gasteiger partial charge in [0.15, 0.2) is 0 Å². The third-order valence-electron chi connectivity index (χ3n) is 1.69. The Labute approximate surface area is 99.4 Å². The fraction of sp³-hybridized carbons (Fsp3) is 0.333. The average Bonchev–Trinajstić information content (AvgIpc) is 2.11. The Morgan fingerprint density at radius 1 is 1.50 bits per heavy atom. The molecule has 4 nitrogen and oxygen atoms in total. The SMILES string of the molecule is NC1C=C(Cl)C(Cl)([N+](=O)[O-])C(Cl)=C1Cl. The highest BCUT2D eigenvalue weighted by Gasteiger charge is 2.52. The number of rotatable bonds is 1. The van der Waals surface area contributed by atoms with E-state index < -0.39 is 16.0 Å². The highest BCUT2D eigenvalue weighted by atomic mass is 35.5. The Kier molecular flexibility index (Phi) is 3.33. The van der Waals surface area contributed by atoms with Crippen molar-refractivity contribution in [3.63, 3.8) is 0 Å². The van der Waals surface area contributed by atoms with Gasteiger partial charge in [-0.25, -0.2) is 0 Å². The minimum absolute atomic E-state index is 0.0808. The molecule has 0 aromatic rings. The first kappa shape index (κ1) is 12.1. The lowest BCUT2D eigenvalue weighted by Crippen LogP contribution is -2.39. The summed E-state index contributed by atoms with van der Waals surface area (Å²) in [5.41, 5.74) is 5.46. The first-order valence-corrected chi connectivity index (χ1v) is 4.85. The largest absolute Gasteiger partial charge is 0.367 e. The fourth-order valence-corrected chi connectivity index (χ4v) is 1.98. The monoisotopic (exact) mass is 276 g/mol. The van der Waals surface area contributed by atoms with Gasteiger partial charge in [-0.1, -0.05) is 34.8 Å². The Balaban J connectivity index is 3.33. The van der Waals surface area contributed by atoms with Crippen LogP contribution in [0, 0.1) is 10.1 Å². The quantitative estimate of drug-likeness (QED) is 0.346. The number of nitrogens with two attached hydrogens (primary N) is 1. The van der Waals surface area contributed by atoms with Gasteiger partial charge < -0.3 is 5.73 Å². The molecule has 0 radical (unpaired) electrons. The number of hydrogen-bond donors (Lipinski definition) is 1. The van der Waals surface area contributed by atoms with Crippen molar-refractivity contribution in [2.24, 2.45) is 5.73 Å². The van der Waals surface area contributed by atoms with Crippen molar-refractivity contribution in [1.29, 1.82) is 0 Å². The lowest BCUT2D eigenvalue weighted by molar-refractivity contribution is -0.517. The van der Waals surface area contributed by atoms with Crippen molar-refractivity contribution in [3.8, 4) is 0 Å². The minimum Gasteiger partial charge on any atom is -0.320 e. The number of nitro groups is 1. The van der Waals surface area contributed by atoms with Crippen LogP contribution >= 0.6 is 46.4 Å². The van der Waals surface area contributed by atoms with Crippen molar-refractivity contribution in [1.82, 2.24) is 0 Å². The van der Waals surface area contributed by atoms with E-state index in [-0.39, 0.29) is 15.1 Å². The molecule has 0 saturated carbocycles. The van der Waals surface area contributed by atoms with Gasteiger partial charge in [-0.05, 0) is 17.7 Å². The molecule has 0 amide bonds. The van der Waals surface area contributed by atoms with Gasteiger partial charge >= 0.3 is 5.00 Å². The average molecular weight is 278 g/mol. The molecule has 0 heterocycles. The normalized spacial score (nSPS) is 32.9. The van der Waals surface area contributed by atoms with E-state index >= 15 is 0 Å². The summed E-state index contributed by atoms with van der Waals surface area (Å²) in [6.07, 6.45) is 1.19. The first-order chi connectivity index (χ1) is 6.31. The van der Waals surface area contributed by atoms with E-state index in [0.717, 1.165) is 0 Å². The van der Waals surface area contributed by atoms with Gasteiger partial charge in [0.1, 0.15) is 10.1 Å². The summed E-state index contributed by atoms with van der Waals surface area (Å²) in [6, 6.07) is -0.761. The molecule has 0 bridgehead atoms. The van der Waals surface area contributed by atoms with Crippen molar-refractivity contribution in [2.45, 2.75) is 11.0 Å². The van der Waals surface area contributed by atoms with Crippen molar-refractivity contribution < 1.29 is 4.92 Å². The van der Waals surface area contributed by atoms with Crippen LogP contribution in [0.25, 0.3) is 0 Å². The van der Waals surface area contributed by atoms with Gasteiger partial charge in [0.25, 0.3) is 0 Å². The van der Waals surface area contributed by atoms with Gasteiger partial charge in [0.2, 0.25) is 0 Å². The van der Waals surface area contributed by atoms with E-state index in [4.69, 9.17) is 52.1 Å². The molecule has 2 unspecified atom stereocenters. The van der Waals surface area contributed by atoms with Crippen molar-refractivity contribution in [2.75, 3.05) is 0 Å². The third-order valence-corrected chi connectivity index (χ3v) is 3.83. The Hall–Kier alpha value is -0.000000000000000167. The summed E-state index contributed by atoms with van der Waals surface area (Å²) in [7, 11) is 0. The summed E-state index contributed by atoms with van der Waals surface area (Å²) in [5.74, 6) is 0. The lowest BCUT2D eigenvalue weighted by atomic mass is 10.1. The molecule has 1 aliphatic rings. The van der Waals surface area contributed by atoms with E-state index in [1.54, 1.807) is 0 Å². The zero-order chi connectivity index (χ0) is 11.1. The second-order valence-corrected chi connectivity index (χ2v) is 4.32. The van der Waals surface area contributed by atoms with Gasteiger partial charge in [-0.3, -0.25) is 10.1 Å². The van der Waals surface area contributed by atoms with Gasteiger partial charge in [-0.15, -0.1) is 0 Å². The second-order valence-electron chi connectivity index (χ2n) is 2.58. The molecule has 8 heteroatoms. The molecule has 0 aliphatic heterocycles. The highest BCUT2D eigenvalue weighted by molar-refractivity contribution is 6.49. The zero-order valence-corrected chi connectivity index (χ0v) is 9.53. The summed E-state index contributed by atoms with van der Waals surface area (Å²) in [6.45, 7) is 0. The molecule has 0 aromatic carbocycles. The molecule has 2 atom stereocenters. The Morgan fingerprint density at radius 2 is 2.00 bits per heavy atom. The smallest absolute Gasteiger partial charge is 0.320 e. The van der Waals surface area contributed by atoms with E-state index in [1.807, 2.05) is 0 Å². The topological polar surface area (TPSA) is 69.2 Å². The van der Waals surface area contributed by atoms with E-state index in [0.29, 0.717) is 0 Å².